The highest BCUT2D eigenvalue weighted by Crippen LogP contribution is 2.39. The predicted octanol–water partition coefficient (Wildman–Crippen LogP) is 0.575. The third kappa shape index (κ3) is 4.26. The van der Waals surface area contributed by atoms with E-state index < -0.39 is 52.9 Å². The van der Waals surface area contributed by atoms with E-state index in [4.69, 9.17) is 9.47 Å². The van der Waals surface area contributed by atoms with Crippen LogP contribution in [0.1, 0.15) is 31.4 Å². The lowest BCUT2D eigenvalue weighted by Crippen LogP contribution is -2.34. The number of nitrogens with zero attached hydrogens (tertiary/aromatic N) is 3. The number of imide groups is 2. The summed E-state index contributed by atoms with van der Waals surface area (Å²) in [6, 6.07) is 1.20. The summed E-state index contributed by atoms with van der Waals surface area (Å²) in [5.41, 5.74) is -0.487. The Hall–Kier alpha value is -4.29. The van der Waals surface area contributed by atoms with Gasteiger partial charge in [0.1, 0.15) is 0 Å². The lowest BCUT2D eigenvalue weighted by molar-refractivity contribution is -0.385. The van der Waals surface area contributed by atoms with Gasteiger partial charge in [0.25, 0.3) is 29.3 Å². The van der Waals surface area contributed by atoms with Gasteiger partial charge in [-0.25, -0.2) is 4.79 Å². The smallest absolute Gasteiger partial charge is 0.370 e. The third-order valence-corrected chi connectivity index (χ3v) is 4.73. The van der Waals surface area contributed by atoms with Gasteiger partial charge < -0.3 is 14.3 Å². The Labute approximate surface area is 180 Å². The van der Waals surface area contributed by atoms with Gasteiger partial charge >= 0.3 is 5.97 Å². The topological polar surface area (TPSA) is 163 Å². The largest absolute Gasteiger partial charge is 0.493 e. The van der Waals surface area contributed by atoms with Gasteiger partial charge in [0.2, 0.25) is 0 Å². The number of nitro groups is 1. The molecule has 1 saturated heterocycles. The molecule has 32 heavy (non-hydrogen) atoms. The maximum Gasteiger partial charge on any atom is 0.370 e. The number of rotatable bonds is 8. The summed E-state index contributed by atoms with van der Waals surface area (Å²) in [7, 11) is 1.25. The molecular formula is C19H17N3O10. The Morgan fingerprint density at radius 2 is 1.69 bits per heavy atom. The lowest BCUT2D eigenvalue weighted by atomic mass is 10.0. The van der Waals surface area contributed by atoms with E-state index >= 15 is 0 Å². The van der Waals surface area contributed by atoms with E-state index in [2.05, 4.69) is 4.84 Å². The highest BCUT2D eigenvalue weighted by molar-refractivity contribution is 6.13. The van der Waals surface area contributed by atoms with Gasteiger partial charge in [0.15, 0.2) is 18.1 Å². The quantitative estimate of drug-likeness (QED) is 0.313. The first-order valence-electron chi connectivity index (χ1n) is 9.25. The minimum atomic E-state index is -1.09. The van der Waals surface area contributed by atoms with Crippen molar-refractivity contribution in [2.24, 2.45) is 0 Å². The van der Waals surface area contributed by atoms with Crippen LogP contribution in [0.3, 0.4) is 0 Å². The molecule has 1 aromatic rings. The molecule has 0 spiro atoms. The van der Waals surface area contributed by atoms with Crippen molar-refractivity contribution >= 4 is 35.3 Å². The van der Waals surface area contributed by atoms with Gasteiger partial charge in [-0.15, -0.1) is 5.06 Å². The van der Waals surface area contributed by atoms with Crippen molar-refractivity contribution in [2.45, 2.75) is 25.8 Å². The van der Waals surface area contributed by atoms with Gasteiger partial charge in [0, 0.05) is 25.0 Å². The molecule has 0 bridgehead atoms. The minimum Gasteiger partial charge on any atom is -0.493 e. The summed E-state index contributed by atoms with van der Waals surface area (Å²) in [6.45, 7) is 0.652. The number of nitro benzene ring substituents is 1. The van der Waals surface area contributed by atoms with E-state index in [9.17, 15) is 34.1 Å². The Morgan fingerprint density at radius 3 is 2.22 bits per heavy atom. The second-order valence-corrected chi connectivity index (χ2v) is 6.71. The molecule has 1 unspecified atom stereocenters. The number of carbonyl (C=O) groups is 5. The Morgan fingerprint density at radius 1 is 1.09 bits per heavy atom. The van der Waals surface area contributed by atoms with Crippen LogP contribution in [0.5, 0.6) is 11.5 Å². The van der Waals surface area contributed by atoms with Crippen molar-refractivity contribution in [1.29, 1.82) is 0 Å². The van der Waals surface area contributed by atoms with E-state index in [1.807, 2.05) is 0 Å². The van der Waals surface area contributed by atoms with Gasteiger partial charge in [-0.05, 0) is 13.0 Å². The molecule has 168 valence electrons. The first-order valence-corrected chi connectivity index (χ1v) is 9.25. The number of methoxy groups -OCH3 is 1. The maximum absolute atomic E-state index is 12.0. The van der Waals surface area contributed by atoms with Crippen LogP contribution in [-0.2, 0) is 28.8 Å². The number of amides is 4. The molecule has 0 saturated carbocycles. The van der Waals surface area contributed by atoms with Crippen LogP contribution < -0.4 is 9.47 Å². The van der Waals surface area contributed by atoms with E-state index in [1.165, 1.54) is 20.1 Å². The van der Waals surface area contributed by atoms with Crippen LogP contribution in [0.25, 0.3) is 0 Å². The molecule has 3 rings (SSSR count). The summed E-state index contributed by atoms with van der Waals surface area (Å²) in [5.74, 6) is -3.90. The summed E-state index contributed by atoms with van der Waals surface area (Å²) in [6.07, 6.45) is 1.95. The van der Waals surface area contributed by atoms with Gasteiger partial charge in [-0.1, -0.05) is 0 Å². The van der Waals surface area contributed by atoms with E-state index in [1.54, 1.807) is 0 Å². The number of hydroxylamine groups is 2. The molecular weight excluding hydrogens is 430 g/mol. The van der Waals surface area contributed by atoms with Crippen molar-refractivity contribution in [3.05, 3.63) is 40.0 Å². The van der Waals surface area contributed by atoms with Gasteiger partial charge in [-0.3, -0.25) is 34.2 Å². The van der Waals surface area contributed by atoms with Crippen LogP contribution >= 0.6 is 0 Å². The highest BCUT2D eigenvalue weighted by Gasteiger charge is 2.35. The van der Waals surface area contributed by atoms with E-state index in [0.29, 0.717) is 5.06 Å². The Balaban J connectivity index is 1.82. The fourth-order valence-corrected chi connectivity index (χ4v) is 3.19. The van der Waals surface area contributed by atoms with Gasteiger partial charge in [-0.2, -0.15) is 0 Å². The number of ether oxygens (including phenoxy) is 2. The molecule has 0 N–H and O–H groups in total. The molecule has 2 heterocycles. The van der Waals surface area contributed by atoms with Crippen LogP contribution in [0.15, 0.2) is 24.3 Å². The van der Waals surface area contributed by atoms with E-state index in [-0.39, 0.29) is 29.9 Å². The molecule has 1 aromatic carbocycles. The molecule has 2 aliphatic heterocycles. The average molecular weight is 447 g/mol. The maximum atomic E-state index is 12.0. The second-order valence-electron chi connectivity index (χ2n) is 6.71. The molecule has 0 aliphatic carbocycles. The monoisotopic (exact) mass is 447 g/mol. The fourth-order valence-electron chi connectivity index (χ4n) is 3.19. The molecule has 13 heteroatoms. The summed E-state index contributed by atoms with van der Waals surface area (Å²) >= 11 is 0. The van der Waals surface area contributed by atoms with Crippen molar-refractivity contribution in [3.8, 4) is 11.5 Å². The summed E-state index contributed by atoms with van der Waals surface area (Å²) < 4.78 is 10.4. The SMILES string of the molecule is COc1cc(C(C)N2C(=O)C=CC2=O)c([N+](=O)[O-])cc1OCC(=O)ON1C(=O)CCC1=O. The zero-order valence-electron chi connectivity index (χ0n) is 16.9. The summed E-state index contributed by atoms with van der Waals surface area (Å²) in [5, 5.41) is 12.0. The third-order valence-electron chi connectivity index (χ3n) is 4.73. The van der Waals surface area contributed by atoms with Crippen molar-refractivity contribution in [2.75, 3.05) is 13.7 Å². The zero-order chi connectivity index (χ0) is 23.6. The summed E-state index contributed by atoms with van der Waals surface area (Å²) in [4.78, 5) is 75.3. The first kappa shape index (κ1) is 22.4. The zero-order valence-corrected chi connectivity index (χ0v) is 16.9. The molecule has 13 nitrogen and oxygen atoms in total. The van der Waals surface area contributed by atoms with Crippen molar-refractivity contribution in [3.63, 3.8) is 0 Å². The van der Waals surface area contributed by atoms with Crippen LogP contribution in [0.2, 0.25) is 0 Å². The molecule has 0 radical (unpaired) electrons. The molecule has 1 fully saturated rings. The van der Waals surface area contributed by atoms with Crippen LogP contribution in [0, 0.1) is 10.1 Å². The first-order chi connectivity index (χ1) is 15.1. The fraction of sp³-hybridized carbons (Fsp3) is 0.316. The molecule has 0 aromatic heterocycles. The number of carbonyl (C=O) groups excluding carboxylic acids is 5. The lowest BCUT2D eigenvalue weighted by Gasteiger charge is -2.23. The Kier molecular flexibility index (Phi) is 6.18. The Bertz CT molecular complexity index is 1030. The predicted molar refractivity (Wildman–Crippen MR) is 102 cm³/mol. The molecule has 1 atom stereocenters. The van der Waals surface area contributed by atoms with Crippen LogP contribution in [0.4, 0.5) is 5.69 Å². The standard InChI is InChI=1S/C19H17N3O10/c1-10(20-15(23)3-4-16(20)24)11-7-13(30-2)14(8-12(11)22(28)29)31-9-19(27)32-21-17(25)5-6-18(21)26/h3-4,7-8,10H,5-6,9H2,1-2H3. The molecule has 4 amide bonds. The van der Waals surface area contributed by atoms with Crippen LogP contribution in [-0.4, -0.2) is 58.2 Å². The van der Waals surface area contributed by atoms with Crippen molar-refractivity contribution in [1.82, 2.24) is 9.96 Å². The number of hydrogen-bond acceptors (Lipinski definition) is 10. The normalized spacial score (nSPS) is 16.6. The molecule has 2 aliphatic rings. The van der Waals surface area contributed by atoms with Gasteiger partial charge in [0.05, 0.1) is 29.7 Å². The number of hydrogen-bond donors (Lipinski definition) is 0. The van der Waals surface area contributed by atoms with E-state index in [0.717, 1.165) is 23.1 Å². The second kappa shape index (κ2) is 8.83. The number of benzene rings is 1. The highest BCUT2D eigenvalue weighted by atomic mass is 16.7. The van der Waals surface area contributed by atoms with Crippen molar-refractivity contribution < 1.29 is 43.2 Å². The average Bonchev–Trinajstić information content (AvgIpc) is 3.26. The minimum absolute atomic E-state index is 0.000404.